The van der Waals surface area contributed by atoms with Gasteiger partial charge in [-0.1, -0.05) is 12.1 Å². The molecule has 11 heteroatoms. The van der Waals surface area contributed by atoms with E-state index in [-0.39, 0.29) is 37.1 Å². The van der Waals surface area contributed by atoms with Crippen molar-refractivity contribution in [2.24, 2.45) is 0 Å². The summed E-state index contributed by atoms with van der Waals surface area (Å²) in [5, 5.41) is 7.08. The van der Waals surface area contributed by atoms with Crippen LogP contribution in [0.25, 0.3) is 0 Å². The molecule has 0 spiro atoms. The van der Waals surface area contributed by atoms with Gasteiger partial charge in [0.1, 0.15) is 5.82 Å². The number of hydrogen-bond donors (Lipinski definition) is 2. The Morgan fingerprint density at radius 1 is 1.03 bits per heavy atom. The van der Waals surface area contributed by atoms with E-state index in [2.05, 4.69) is 20.5 Å². The molecule has 1 fully saturated rings. The number of thiophene rings is 1. The molecule has 162 valence electrons. The van der Waals surface area contributed by atoms with E-state index in [0.717, 1.165) is 5.82 Å². The highest BCUT2D eigenvalue weighted by Crippen LogP contribution is 2.14. The van der Waals surface area contributed by atoms with Crippen LogP contribution in [-0.2, 0) is 14.8 Å². The summed E-state index contributed by atoms with van der Waals surface area (Å²) in [6.45, 7) is 2.17. The van der Waals surface area contributed by atoms with Crippen LogP contribution in [0.3, 0.4) is 0 Å². The summed E-state index contributed by atoms with van der Waals surface area (Å²) in [5.41, 5.74) is 0. The highest BCUT2D eigenvalue weighted by Gasteiger charge is 2.27. The molecule has 0 atom stereocenters. The number of rotatable bonds is 9. The fourth-order valence-electron chi connectivity index (χ4n) is 3.06. The third kappa shape index (κ3) is 6.25. The van der Waals surface area contributed by atoms with Gasteiger partial charge >= 0.3 is 0 Å². The van der Waals surface area contributed by atoms with E-state index in [1.54, 1.807) is 23.7 Å². The minimum absolute atomic E-state index is 0.0422. The van der Waals surface area contributed by atoms with Gasteiger partial charge in [0.25, 0.3) is 5.91 Å². The van der Waals surface area contributed by atoms with Crippen molar-refractivity contribution in [2.45, 2.75) is 6.42 Å². The Hall–Kier alpha value is -2.50. The van der Waals surface area contributed by atoms with Crippen LogP contribution in [0.4, 0.5) is 5.82 Å². The molecule has 2 amide bonds. The molecule has 2 aromatic rings. The minimum atomic E-state index is -3.45. The first kappa shape index (κ1) is 22.2. The van der Waals surface area contributed by atoms with Crippen molar-refractivity contribution in [3.05, 3.63) is 46.8 Å². The van der Waals surface area contributed by atoms with E-state index in [4.69, 9.17) is 0 Å². The van der Waals surface area contributed by atoms with Gasteiger partial charge in [-0.25, -0.2) is 13.4 Å². The molecule has 9 nitrogen and oxygen atoms in total. The molecule has 3 heterocycles. The van der Waals surface area contributed by atoms with Gasteiger partial charge < -0.3 is 15.5 Å². The van der Waals surface area contributed by atoms with Crippen molar-refractivity contribution in [1.29, 1.82) is 0 Å². The fourth-order valence-corrected chi connectivity index (χ4v) is 5.04. The molecule has 0 unspecified atom stereocenters. The number of carbonyl (C=O) groups is 2. The Balaban J connectivity index is 1.34. The molecule has 0 aromatic carbocycles. The summed E-state index contributed by atoms with van der Waals surface area (Å²) in [6.07, 6.45) is 1.81. The number of carbonyl (C=O) groups excluding carboxylic acids is 2. The van der Waals surface area contributed by atoms with Gasteiger partial charge in [0, 0.05) is 51.9 Å². The van der Waals surface area contributed by atoms with Crippen LogP contribution >= 0.6 is 11.3 Å². The lowest BCUT2D eigenvalue weighted by Gasteiger charge is -2.34. The van der Waals surface area contributed by atoms with Crippen LogP contribution < -0.4 is 15.5 Å². The summed E-state index contributed by atoms with van der Waals surface area (Å²) in [4.78, 5) is 30.6. The average Bonchev–Trinajstić information content (AvgIpc) is 3.29. The standard InChI is InChI=1S/C19H25N5O4S2/c25-18(6-8-22-19(26)16-4-3-14-29-16)21-9-15-30(27,28)24-12-10-23(11-13-24)17-5-1-2-7-20-17/h1-5,7,14H,6,8-13,15H2,(H,21,25)(H,22,26). The molecule has 2 N–H and O–H groups in total. The maximum atomic E-state index is 12.5. The van der Waals surface area contributed by atoms with Gasteiger partial charge in [-0.05, 0) is 23.6 Å². The fraction of sp³-hybridized carbons (Fsp3) is 0.421. The van der Waals surface area contributed by atoms with Crippen molar-refractivity contribution in [2.75, 3.05) is 49.9 Å². The molecule has 2 aromatic heterocycles. The first-order chi connectivity index (χ1) is 14.5. The van der Waals surface area contributed by atoms with E-state index in [1.807, 2.05) is 18.2 Å². The van der Waals surface area contributed by atoms with Gasteiger partial charge in [-0.15, -0.1) is 11.3 Å². The van der Waals surface area contributed by atoms with Gasteiger partial charge in [0.05, 0.1) is 10.6 Å². The molecule has 30 heavy (non-hydrogen) atoms. The molecule has 0 aliphatic carbocycles. The van der Waals surface area contributed by atoms with E-state index >= 15 is 0 Å². The van der Waals surface area contributed by atoms with Crippen molar-refractivity contribution >= 4 is 39.0 Å². The third-order valence-electron chi connectivity index (χ3n) is 4.67. The minimum Gasteiger partial charge on any atom is -0.355 e. The molecule has 1 aliphatic rings. The lowest BCUT2D eigenvalue weighted by molar-refractivity contribution is -0.120. The Morgan fingerprint density at radius 3 is 2.50 bits per heavy atom. The zero-order valence-corrected chi connectivity index (χ0v) is 18.1. The Morgan fingerprint density at radius 2 is 1.83 bits per heavy atom. The number of aromatic nitrogens is 1. The Kier molecular flexibility index (Phi) is 7.77. The van der Waals surface area contributed by atoms with Crippen molar-refractivity contribution in [3.63, 3.8) is 0 Å². The largest absolute Gasteiger partial charge is 0.355 e. The molecule has 1 saturated heterocycles. The number of pyridine rings is 1. The summed E-state index contributed by atoms with van der Waals surface area (Å²) < 4.78 is 26.5. The molecule has 0 bridgehead atoms. The van der Waals surface area contributed by atoms with Crippen LogP contribution in [0, 0.1) is 0 Å². The number of piperazine rings is 1. The quantitative estimate of drug-likeness (QED) is 0.575. The molecule has 0 saturated carbocycles. The first-order valence-corrected chi connectivity index (χ1v) is 12.2. The van der Waals surface area contributed by atoms with Gasteiger partial charge in [-0.2, -0.15) is 4.31 Å². The van der Waals surface area contributed by atoms with Crippen LogP contribution in [0.5, 0.6) is 0 Å². The molecular formula is C19H25N5O4S2. The lowest BCUT2D eigenvalue weighted by atomic mass is 10.3. The Bertz CT molecular complexity index is 927. The number of sulfonamides is 1. The Labute approximate surface area is 180 Å². The van der Waals surface area contributed by atoms with E-state index in [9.17, 15) is 18.0 Å². The highest BCUT2D eigenvalue weighted by atomic mass is 32.2. The van der Waals surface area contributed by atoms with Crippen molar-refractivity contribution in [3.8, 4) is 0 Å². The lowest BCUT2D eigenvalue weighted by Crippen LogP contribution is -2.50. The molecule has 1 aliphatic heterocycles. The molecule has 0 radical (unpaired) electrons. The van der Waals surface area contributed by atoms with Crippen LogP contribution in [0.15, 0.2) is 41.9 Å². The van der Waals surface area contributed by atoms with Crippen molar-refractivity contribution in [1.82, 2.24) is 19.9 Å². The van der Waals surface area contributed by atoms with Gasteiger partial charge in [0.2, 0.25) is 15.9 Å². The SMILES string of the molecule is O=C(CCNC(=O)c1cccs1)NCCS(=O)(=O)N1CCN(c2ccccn2)CC1. The maximum Gasteiger partial charge on any atom is 0.261 e. The maximum absolute atomic E-state index is 12.5. The second kappa shape index (κ2) is 10.5. The van der Waals surface area contributed by atoms with Crippen molar-refractivity contribution < 1.29 is 18.0 Å². The molecule has 3 rings (SSSR count). The highest BCUT2D eigenvalue weighted by molar-refractivity contribution is 7.89. The monoisotopic (exact) mass is 451 g/mol. The number of anilines is 1. The summed E-state index contributed by atoms with van der Waals surface area (Å²) in [6, 6.07) is 9.15. The second-order valence-corrected chi connectivity index (χ2v) is 9.76. The normalized spacial score (nSPS) is 15.0. The average molecular weight is 452 g/mol. The van der Waals surface area contributed by atoms with E-state index in [0.29, 0.717) is 31.1 Å². The van der Waals surface area contributed by atoms with E-state index in [1.165, 1.54) is 15.6 Å². The second-order valence-electron chi connectivity index (χ2n) is 6.72. The number of hydrogen-bond acceptors (Lipinski definition) is 7. The summed E-state index contributed by atoms with van der Waals surface area (Å²) in [5.74, 6) is 0.180. The van der Waals surface area contributed by atoms with Crippen LogP contribution in [0.2, 0.25) is 0 Å². The molecular weight excluding hydrogens is 426 g/mol. The number of nitrogens with zero attached hydrogens (tertiary/aromatic N) is 3. The van der Waals surface area contributed by atoms with Gasteiger partial charge in [-0.3, -0.25) is 9.59 Å². The number of nitrogens with one attached hydrogen (secondary N) is 2. The van der Waals surface area contributed by atoms with Crippen LogP contribution in [-0.4, -0.2) is 74.5 Å². The zero-order chi connectivity index (χ0) is 21.4. The topological polar surface area (TPSA) is 112 Å². The van der Waals surface area contributed by atoms with Crippen LogP contribution in [0.1, 0.15) is 16.1 Å². The summed E-state index contributed by atoms with van der Waals surface area (Å²) >= 11 is 1.33. The predicted molar refractivity (Wildman–Crippen MR) is 116 cm³/mol. The van der Waals surface area contributed by atoms with Gasteiger partial charge in [0.15, 0.2) is 0 Å². The summed E-state index contributed by atoms with van der Waals surface area (Å²) in [7, 11) is -3.45. The predicted octanol–water partition coefficient (Wildman–Crippen LogP) is 0.531. The number of amides is 2. The smallest absolute Gasteiger partial charge is 0.261 e. The zero-order valence-electron chi connectivity index (χ0n) is 16.5. The third-order valence-corrected chi connectivity index (χ3v) is 7.41. The van der Waals surface area contributed by atoms with E-state index < -0.39 is 10.0 Å². The first-order valence-electron chi connectivity index (χ1n) is 9.68.